The topological polar surface area (TPSA) is 15.3 Å². The zero-order valence-electron chi connectivity index (χ0n) is 10.7. The van der Waals surface area contributed by atoms with Crippen LogP contribution in [0, 0.1) is 0 Å². The summed E-state index contributed by atoms with van der Waals surface area (Å²) in [5.74, 6) is 0. The van der Waals surface area contributed by atoms with Crippen molar-refractivity contribution in [2.75, 3.05) is 13.1 Å². The van der Waals surface area contributed by atoms with Gasteiger partial charge in [0, 0.05) is 30.7 Å². The molecule has 0 aromatic carbocycles. The maximum Gasteiger partial charge on any atom is 0.0309 e. The van der Waals surface area contributed by atoms with Gasteiger partial charge in [-0.25, -0.2) is 0 Å². The molecule has 2 aliphatic carbocycles. The summed E-state index contributed by atoms with van der Waals surface area (Å²) < 4.78 is 0. The number of rotatable bonds is 1. The zero-order chi connectivity index (χ0) is 11.0. The molecule has 1 saturated heterocycles. The van der Waals surface area contributed by atoms with Gasteiger partial charge >= 0.3 is 0 Å². The lowest BCUT2D eigenvalue weighted by molar-refractivity contribution is 0.0526. The summed E-state index contributed by atoms with van der Waals surface area (Å²) in [5, 5.41) is 3.86. The predicted octanol–water partition coefficient (Wildman–Crippen LogP) is 2.54. The maximum atomic E-state index is 3.86. The number of hydrogen-bond donors (Lipinski definition) is 1. The average Bonchev–Trinajstić information content (AvgIpc) is 2.94. The van der Waals surface area contributed by atoms with Crippen LogP contribution in [0.1, 0.15) is 58.3 Å². The molecule has 0 bridgehead atoms. The molecule has 1 spiro atoms. The Kier molecular flexibility index (Phi) is 2.97. The third-order valence-corrected chi connectivity index (χ3v) is 5.18. The summed E-state index contributed by atoms with van der Waals surface area (Å²) in [6, 6.07) is 1.67. The van der Waals surface area contributed by atoms with Gasteiger partial charge in [-0.3, -0.25) is 4.90 Å². The monoisotopic (exact) mass is 222 g/mol. The maximum absolute atomic E-state index is 3.86. The number of nitrogens with one attached hydrogen (secondary N) is 1. The summed E-state index contributed by atoms with van der Waals surface area (Å²) in [6.07, 6.45) is 11.6. The van der Waals surface area contributed by atoms with Crippen LogP contribution in [0.15, 0.2) is 0 Å². The molecule has 3 aliphatic rings. The highest BCUT2D eigenvalue weighted by Crippen LogP contribution is 2.36. The molecule has 3 fully saturated rings. The molecule has 0 amide bonds. The van der Waals surface area contributed by atoms with Gasteiger partial charge < -0.3 is 5.32 Å². The van der Waals surface area contributed by atoms with E-state index >= 15 is 0 Å². The van der Waals surface area contributed by atoms with Crippen LogP contribution in [-0.2, 0) is 0 Å². The first-order valence-corrected chi connectivity index (χ1v) is 7.30. The normalized spacial score (nSPS) is 36.2. The van der Waals surface area contributed by atoms with E-state index < -0.39 is 0 Å². The number of nitrogens with zero attached hydrogens (tertiary/aromatic N) is 1. The average molecular weight is 222 g/mol. The number of piperazine rings is 1. The van der Waals surface area contributed by atoms with Gasteiger partial charge in [-0.15, -0.1) is 0 Å². The molecule has 1 atom stereocenters. The smallest absolute Gasteiger partial charge is 0.0309 e. The molecule has 16 heavy (non-hydrogen) atoms. The van der Waals surface area contributed by atoms with Gasteiger partial charge in [0.05, 0.1) is 0 Å². The molecule has 1 heterocycles. The fourth-order valence-corrected chi connectivity index (χ4v) is 4.15. The first-order chi connectivity index (χ1) is 7.79. The van der Waals surface area contributed by atoms with Crippen molar-refractivity contribution in [1.82, 2.24) is 10.2 Å². The Balaban J connectivity index is 1.70. The molecule has 1 N–H and O–H groups in total. The van der Waals surface area contributed by atoms with Crippen LogP contribution in [0.5, 0.6) is 0 Å². The van der Waals surface area contributed by atoms with Crippen LogP contribution in [0.25, 0.3) is 0 Å². The van der Waals surface area contributed by atoms with E-state index in [0.717, 1.165) is 12.1 Å². The quantitative estimate of drug-likeness (QED) is 0.733. The van der Waals surface area contributed by atoms with Gasteiger partial charge in [0.2, 0.25) is 0 Å². The Morgan fingerprint density at radius 1 is 1.06 bits per heavy atom. The van der Waals surface area contributed by atoms with Crippen molar-refractivity contribution in [1.29, 1.82) is 0 Å². The lowest BCUT2D eigenvalue weighted by Crippen LogP contribution is -2.64. The predicted molar refractivity (Wildman–Crippen MR) is 67.6 cm³/mol. The van der Waals surface area contributed by atoms with Crippen LogP contribution >= 0.6 is 0 Å². The highest BCUT2D eigenvalue weighted by Gasteiger charge is 2.42. The van der Waals surface area contributed by atoms with Crippen molar-refractivity contribution >= 4 is 0 Å². The van der Waals surface area contributed by atoms with Crippen LogP contribution in [0.3, 0.4) is 0 Å². The van der Waals surface area contributed by atoms with Crippen LogP contribution in [0.2, 0.25) is 0 Å². The minimum Gasteiger partial charge on any atom is -0.308 e. The van der Waals surface area contributed by atoms with E-state index in [4.69, 9.17) is 0 Å². The van der Waals surface area contributed by atoms with E-state index in [9.17, 15) is 0 Å². The molecular weight excluding hydrogens is 196 g/mol. The summed E-state index contributed by atoms with van der Waals surface area (Å²) in [4.78, 5) is 2.84. The van der Waals surface area contributed by atoms with Crippen LogP contribution < -0.4 is 5.32 Å². The van der Waals surface area contributed by atoms with E-state index in [1.165, 1.54) is 64.5 Å². The fourth-order valence-electron chi connectivity index (χ4n) is 4.15. The molecule has 0 radical (unpaired) electrons. The van der Waals surface area contributed by atoms with E-state index in [-0.39, 0.29) is 0 Å². The Morgan fingerprint density at radius 2 is 1.75 bits per heavy atom. The second-order valence-corrected chi connectivity index (χ2v) is 6.33. The standard InChI is InChI=1S/C14H26N2/c1-12-10-15-14(8-4-5-9-14)11-16(12)13-6-2-3-7-13/h12-13,15H,2-11H2,1H3. The summed E-state index contributed by atoms with van der Waals surface area (Å²) >= 11 is 0. The van der Waals surface area contributed by atoms with Crippen molar-refractivity contribution in [3.8, 4) is 0 Å². The molecular formula is C14H26N2. The van der Waals surface area contributed by atoms with Gasteiger partial charge in [0.1, 0.15) is 0 Å². The van der Waals surface area contributed by atoms with Crippen molar-refractivity contribution in [3.05, 3.63) is 0 Å². The summed E-state index contributed by atoms with van der Waals surface area (Å²) in [7, 11) is 0. The lowest BCUT2D eigenvalue weighted by atomic mass is 9.91. The molecule has 0 aromatic rings. The van der Waals surface area contributed by atoms with Crippen molar-refractivity contribution in [3.63, 3.8) is 0 Å². The molecule has 2 heteroatoms. The molecule has 2 saturated carbocycles. The van der Waals surface area contributed by atoms with Gasteiger partial charge in [-0.05, 0) is 32.6 Å². The molecule has 92 valence electrons. The van der Waals surface area contributed by atoms with E-state index in [1.54, 1.807) is 0 Å². The van der Waals surface area contributed by atoms with Crippen molar-refractivity contribution < 1.29 is 0 Å². The van der Waals surface area contributed by atoms with Crippen LogP contribution in [0.4, 0.5) is 0 Å². The van der Waals surface area contributed by atoms with E-state index in [0.29, 0.717) is 5.54 Å². The molecule has 0 aromatic heterocycles. The van der Waals surface area contributed by atoms with Crippen LogP contribution in [-0.4, -0.2) is 35.6 Å². The van der Waals surface area contributed by atoms with Crippen molar-refractivity contribution in [2.24, 2.45) is 0 Å². The Labute approximate surface area is 99.8 Å². The Hall–Kier alpha value is -0.0800. The third kappa shape index (κ3) is 1.91. The minimum atomic E-state index is 0.509. The molecule has 1 unspecified atom stereocenters. The van der Waals surface area contributed by atoms with Gasteiger partial charge in [-0.1, -0.05) is 25.7 Å². The third-order valence-electron chi connectivity index (χ3n) is 5.18. The largest absolute Gasteiger partial charge is 0.308 e. The lowest BCUT2D eigenvalue weighted by Gasteiger charge is -2.48. The second kappa shape index (κ2) is 4.30. The summed E-state index contributed by atoms with van der Waals surface area (Å²) in [6.45, 7) is 4.96. The SMILES string of the molecule is CC1CNC2(CCCC2)CN1C1CCCC1. The molecule has 3 rings (SSSR count). The van der Waals surface area contributed by atoms with E-state index in [1.807, 2.05) is 0 Å². The van der Waals surface area contributed by atoms with E-state index in [2.05, 4.69) is 17.1 Å². The van der Waals surface area contributed by atoms with Gasteiger partial charge in [0.25, 0.3) is 0 Å². The van der Waals surface area contributed by atoms with Gasteiger partial charge in [-0.2, -0.15) is 0 Å². The Bertz CT molecular complexity index is 239. The molecule has 2 nitrogen and oxygen atoms in total. The first-order valence-electron chi connectivity index (χ1n) is 7.30. The van der Waals surface area contributed by atoms with Gasteiger partial charge in [0.15, 0.2) is 0 Å². The minimum absolute atomic E-state index is 0.509. The zero-order valence-corrected chi connectivity index (χ0v) is 10.7. The highest BCUT2D eigenvalue weighted by molar-refractivity contribution is 5.02. The first kappa shape index (κ1) is 11.0. The Morgan fingerprint density at radius 3 is 2.44 bits per heavy atom. The van der Waals surface area contributed by atoms with Crippen molar-refractivity contribution in [2.45, 2.75) is 75.9 Å². The second-order valence-electron chi connectivity index (χ2n) is 6.33. The number of hydrogen-bond acceptors (Lipinski definition) is 2. The molecule has 1 aliphatic heterocycles. The highest BCUT2D eigenvalue weighted by atomic mass is 15.3. The summed E-state index contributed by atoms with van der Waals surface area (Å²) in [5.41, 5.74) is 0.509. The fraction of sp³-hybridized carbons (Fsp3) is 1.00.